The van der Waals surface area contributed by atoms with E-state index < -0.39 is 11.7 Å². The Hall–Kier alpha value is -1.89. The highest BCUT2D eigenvalue weighted by Gasteiger charge is 2.33. The van der Waals surface area contributed by atoms with E-state index >= 15 is 0 Å². The molecule has 0 radical (unpaired) electrons. The van der Waals surface area contributed by atoms with Crippen LogP contribution < -0.4 is 0 Å². The van der Waals surface area contributed by atoms with Gasteiger partial charge in [-0.25, -0.2) is 9.67 Å². The maximum Gasteiger partial charge on any atom is 0.417 e. The molecule has 1 fully saturated rings. The van der Waals surface area contributed by atoms with Crippen LogP contribution in [-0.2, 0) is 6.18 Å². The molecule has 3 rings (SSSR count). The van der Waals surface area contributed by atoms with Crippen LogP contribution in [0.1, 0.15) is 40.4 Å². The van der Waals surface area contributed by atoms with Crippen LogP contribution in [-0.4, -0.2) is 21.1 Å². The zero-order valence-corrected chi connectivity index (χ0v) is 11.3. The molecule has 0 N–H and O–H groups in total. The van der Waals surface area contributed by atoms with Crippen molar-refractivity contribution in [3.8, 4) is 5.82 Å². The maximum atomic E-state index is 12.5. The van der Waals surface area contributed by atoms with Crippen LogP contribution in [0.25, 0.3) is 5.82 Å². The summed E-state index contributed by atoms with van der Waals surface area (Å²) in [5.74, 6) is 0.335. The lowest BCUT2D eigenvalue weighted by molar-refractivity contribution is -0.137. The predicted octanol–water partition coefficient (Wildman–Crippen LogP) is 3.63. The third-order valence-electron chi connectivity index (χ3n) is 3.27. The van der Waals surface area contributed by atoms with Crippen LogP contribution in [0.5, 0.6) is 0 Å². The van der Waals surface area contributed by atoms with Gasteiger partial charge in [-0.1, -0.05) is 11.6 Å². The first-order valence-electron chi connectivity index (χ1n) is 6.19. The summed E-state index contributed by atoms with van der Waals surface area (Å²) in [7, 11) is 0. The van der Waals surface area contributed by atoms with Gasteiger partial charge in [0, 0.05) is 12.1 Å². The summed E-state index contributed by atoms with van der Waals surface area (Å²) in [6.45, 7) is 0. The van der Waals surface area contributed by atoms with Crippen LogP contribution >= 0.6 is 11.6 Å². The van der Waals surface area contributed by atoms with E-state index in [1.165, 1.54) is 10.7 Å². The number of aromatic nitrogens is 3. The smallest absolute Gasteiger partial charge is 0.298 e. The minimum atomic E-state index is -4.45. The number of nitrogens with zero attached hydrogens (tertiary/aromatic N) is 3. The molecule has 0 aromatic carbocycles. The predicted molar refractivity (Wildman–Crippen MR) is 68.7 cm³/mol. The number of alkyl halides is 3. The SMILES string of the molecule is O=Cc1c(C2CC2)nn(-c2ccc(C(F)(F)F)cn2)c1Cl. The van der Waals surface area contributed by atoms with Crippen molar-refractivity contribution in [2.45, 2.75) is 24.9 Å². The molecule has 0 spiro atoms. The molecule has 1 saturated carbocycles. The van der Waals surface area contributed by atoms with E-state index in [0.29, 0.717) is 18.2 Å². The van der Waals surface area contributed by atoms with Crippen molar-refractivity contribution in [3.63, 3.8) is 0 Å². The van der Waals surface area contributed by atoms with Gasteiger partial charge < -0.3 is 0 Å². The second kappa shape index (κ2) is 4.84. The number of carbonyl (C=O) groups excluding carboxylic acids is 1. The van der Waals surface area contributed by atoms with E-state index in [2.05, 4.69) is 10.1 Å². The van der Waals surface area contributed by atoms with Crippen molar-refractivity contribution >= 4 is 17.9 Å². The normalized spacial score (nSPS) is 15.2. The lowest BCUT2D eigenvalue weighted by Gasteiger charge is -2.07. The van der Waals surface area contributed by atoms with Crippen molar-refractivity contribution in [2.24, 2.45) is 0 Å². The number of halogens is 4. The molecule has 21 heavy (non-hydrogen) atoms. The highest BCUT2D eigenvalue weighted by molar-refractivity contribution is 6.32. The van der Waals surface area contributed by atoms with E-state index in [9.17, 15) is 18.0 Å². The number of rotatable bonds is 3. The molecular formula is C13H9ClF3N3O. The van der Waals surface area contributed by atoms with Gasteiger partial charge in [0.2, 0.25) is 0 Å². The first-order chi connectivity index (χ1) is 9.91. The highest BCUT2D eigenvalue weighted by atomic mass is 35.5. The molecule has 2 aromatic heterocycles. The van der Waals surface area contributed by atoms with Crippen LogP contribution in [0, 0.1) is 0 Å². The minimum Gasteiger partial charge on any atom is -0.298 e. The van der Waals surface area contributed by atoms with E-state index in [1.807, 2.05) is 0 Å². The standard InChI is InChI=1S/C13H9ClF3N3O/c14-12-9(6-21)11(7-1-2-7)19-20(12)10-4-3-8(5-18-10)13(15,16)17/h3-7H,1-2H2. The first kappa shape index (κ1) is 14.1. The van der Waals surface area contributed by atoms with E-state index in [0.717, 1.165) is 18.9 Å². The largest absolute Gasteiger partial charge is 0.417 e. The Morgan fingerprint density at radius 1 is 1.33 bits per heavy atom. The van der Waals surface area contributed by atoms with Crippen LogP contribution in [0.2, 0.25) is 5.15 Å². The lowest BCUT2D eigenvalue weighted by Crippen LogP contribution is -2.07. The van der Waals surface area contributed by atoms with Crippen LogP contribution in [0.15, 0.2) is 18.3 Å². The van der Waals surface area contributed by atoms with Gasteiger partial charge in [0.05, 0.1) is 16.8 Å². The summed E-state index contributed by atoms with van der Waals surface area (Å²) >= 11 is 6.07. The molecule has 8 heteroatoms. The molecule has 0 aliphatic heterocycles. The van der Waals surface area contributed by atoms with Gasteiger partial charge in [0.1, 0.15) is 5.15 Å². The van der Waals surface area contributed by atoms with Gasteiger partial charge in [-0.3, -0.25) is 4.79 Å². The van der Waals surface area contributed by atoms with Gasteiger partial charge in [0.15, 0.2) is 12.1 Å². The van der Waals surface area contributed by atoms with E-state index in [1.54, 1.807) is 0 Å². The summed E-state index contributed by atoms with van der Waals surface area (Å²) in [6.07, 6.45) is -1.27. The van der Waals surface area contributed by atoms with E-state index in [-0.39, 0.29) is 22.5 Å². The Morgan fingerprint density at radius 3 is 2.52 bits per heavy atom. The molecule has 1 aliphatic carbocycles. The molecule has 110 valence electrons. The van der Waals surface area contributed by atoms with Crippen molar-refractivity contribution in [1.29, 1.82) is 0 Å². The van der Waals surface area contributed by atoms with E-state index in [4.69, 9.17) is 11.6 Å². The number of carbonyl (C=O) groups is 1. The number of aldehydes is 1. The monoisotopic (exact) mass is 315 g/mol. The zero-order valence-electron chi connectivity index (χ0n) is 10.6. The molecular weight excluding hydrogens is 307 g/mol. The third kappa shape index (κ3) is 2.53. The summed E-state index contributed by atoms with van der Waals surface area (Å²) < 4.78 is 38.7. The fraction of sp³-hybridized carbons (Fsp3) is 0.308. The summed E-state index contributed by atoms with van der Waals surface area (Å²) in [5.41, 5.74) is 0.00474. The second-order valence-corrected chi connectivity index (χ2v) is 5.15. The molecule has 0 saturated heterocycles. The Balaban J connectivity index is 2.02. The minimum absolute atomic E-state index is 0.0687. The van der Waals surface area contributed by atoms with Gasteiger partial charge in [0.25, 0.3) is 0 Å². The number of hydrogen-bond donors (Lipinski definition) is 0. The van der Waals surface area contributed by atoms with Gasteiger partial charge >= 0.3 is 6.18 Å². The fourth-order valence-corrected chi connectivity index (χ4v) is 2.29. The summed E-state index contributed by atoms with van der Waals surface area (Å²) in [4.78, 5) is 14.8. The molecule has 4 nitrogen and oxygen atoms in total. The van der Waals surface area contributed by atoms with Crippen molar-refractivity contribution < 1.29 is 18.0 Å². The molecule has 2 aromatic rings. The topological polar surface area (TPSA) is 47.8 Å². The highest BCUT2D eigenvalue weighted by Crippen LogP contribution is 2.42. The van der Waals surface area contributed by atoms with Crippen LogP contribution in [0.3, 0.4) is 0 Å². The second-order valence-electron chi connectivity index (χ2n) is 4.80. The third-order valence-corrected chi connectivity index (χ3v) is 3.63. The van der Waals surface area contributed by atoms with Crippen molar-refractivity contribution in [2.75, 3.05) is 0 Å². The summed E-state index contributed by atoms with van der Waals surface area (Å²) in [6, 6.07) is 2.07. The Labute approximate surface area is 122 Å². The molecule has 2 heterocycles. The Kier molecular flexibility index (Phi) is 3.24. The molecule has 0 bridgehead atoms. The fourth-order valence-electron chi connectivity index (χ4n) is 2.02. The quantitative estimate of drug-likeness (QED) is 0.813. The Bertz CT molecular complexity index is 690. The number of hydrogen-bond acceptors (Lipinski definition) is 3. The van der Waals surface area contributed by atoms with Crippen molar-refractivity contribution in [3.05, 3.63) is 40.3 Å². The Morgan fingerprint density at radius 2 is 2.05 bits per heavy atom. The summed E-state index contributed by atoms with van der Waals surface area (Å²) in [5, 5.41) is 4.28. The lowest BCUT2D eigenvalue weighted by atomic mass is 10.2. The average Bonchev–Trinajstić information content (AvgIpc) is 3.22. The molecule has 0 unspecified atom stereocenters. The average molecular weight is 316 g/mol. The zero-order chi connectivity index (χ0) is 15.2. The van der Waals surface area contributed by atoms with Gasteiger partial charge in [-0.15, -0.1) is 0 Å². The number of pyridine rings is 1. The van der Waals surface area contributed by atoms with Crippen LogP contribution in [0.4, 0.5) is 13.2 Å². The maximum absolute atomic E-state index is 12.5. The first-order valence-corrected chi connectivity index (χ1v) is 6.57. The van der Waals surface area contributed by atoms with Gasteiger partial charge in [-0.05, 0) is 25.0 Å². The molecule has 1 aliphatic rings. The molecule has 0 atom stereocenters. The van der Waals surface area contributed by atoms with Gasteiger partial charge in [-0.2, -0.15) is 18.3 Å². The molecule has 0 amide bonds. The van der Waals surface area contributed by atoms with Crippen molar-refractivity contribution in [1.82, 2.24) is 14.8 Å².